The molecule has 88 valence electrons. The molecule has 0 aliphatic carbocycles. The molecule has 2 aromatic rings. The molecule has 0 saturated carbocycles. The van der Waals surface area contributed by atoms with E-state index in [0.29, 0.717) is 0 Å². The Kier molecular flexibility index (Phi) is 4.30. The molecule has 0 spiro atoms. The minimum absolute atomic E-state index is 0.204. The summed E-state index contributed by atoms with van der Waals surface area (Å²) in [5, 5.41) is 3.27. The van der Waals surface area contributed by atoms with E-state index in [-0.39, 0.29) is 5.82 Å². The smallest absolute Gasteiger partial charge is 0.124 e. The first-order valence-electron chi connectivity index (χ1n) is 5.34. The van der Waals surface area contributed by atoms with Crippen LogP contribution in [0, 0.1) is 9.39 Å². The van der Waals surface area contributed by atoms with Crippen LogP contribution in [0.2, 0.25) is 0 Å². The molecule has 0 bridgehead atoms. The van der Waals surface area contributed by atoms with E-state index in [1.807, 2.05) is 18.2 Å². The molecule has 4 heteroatoms. The molecular formula is C13H12FIN2. The first-order valence-corrected chi connectivity index (χ1v) is 6.42. The van der Waals surface area contributed by atoms with Crippen molar-refractivity contribution in [3.8, 4) is 0 Å². The van der Waals surface area contributed by atoms with E-state index < -0.39 is 0 Å². The highest BCUT2D eigenvalue weighted by molar-refractivity contribution is 14.1. The van der Waals surface area contributed by atoms with E-state index in [9.17, 15) is 4.39 Å². The zero-order valence-corrected chi connectivity index (χ0v) is 11.3. The molecule has 2 nitrogen and oxygen atoms in total. The van der Waals surface area contributed by atoms with E-state index in [0.717, 1.165) is 27.9 Å². The van der Waals surface area contributed by atoms with Crippen LogP contribution in [0.5, 0.6) is 0 Å². The Morgan fingerprint density at radius 2 is 2.12 bits per heavy atom. The topological polar surface area (TPSA) is 24.9 Å². The lowest BCUT2D eigenvalue weighted by Gasteiger charge is -2.08. The molecule has 0 amide bonds. The number of benzene rings is 1. The van der Waals surface area contributed by atoms with Crippen LogP contribution in [-0.4, -0.2) is 11.5 Å². The minimum atomic E-state index is -0.204. The van der Waals surface area contributed by atoms with Crippen molar-refractivity contribution < 1.29 is 4.39 Å². The maximum atomic E-state index is 12.9. The Bertz CT molecular complexity index is 488. The maximum Gasteiger partial charge on any atom is 0.124 e. The molecule has 0 radical (unpaired) electrons. The summed E-state index contributed by atoms with van der Waals surface area (Å²) in [6, 6.07) is 10.6. The van der Waals surface area contributed by atoms with Crippen molar-refractivity contribution >= 4 is 28.3 Å². The van der Waals surface area contributed by atoms with Gasteiger partial charge in [-0.15, -0.1) is 0 Å². The highest BCUT2D eigenvalue weighted by Crippen LogP contribution is 2.18. The van der Waals surface area contributed by atoms with Gasteiger partial charge in [-0.1, -0.05) is 6.07 Å². The average Bonchev–Trinajstić information content (AvgIpc) is 2.33. The Labute approximate surface area is 113 Å². The zero-order chi connectivity index (χ0) is 12.1. The van der Waals surface area contributed by atoms with Gasteiger partial charge in [-0.05, 0) is 52.9 Å². The fourth-order valence-corrected chi connectivity index (χ4v) is 2.17. The summed E-state index contributed by atoms with van der Waals surface area (Å²) in [6.07, 6.45) is 2.64. The Morgan fingerprint density at radius 1 is 1.24 bits per heavy atom. The number of hydrogen-bond donors (Lipinski definition) is 1. The molecule has 1 aromatic carbocycles. The monoisotopic (exact) mass is 342 g/mol. The molecule has 0 atom stereocenters. The third-order valence-corrected chi connectivity index (χ3v) is 3.25. The minimum Gasteiger partial charge on any atom is -0.384 e. The third-order valence-electron chi connectivity index (χ3n) is 2.35. The quantitative estimate of drug-likeness (QED) is 0.861. The zero-order valence-electron chi connectivity index (χ0n) is 9.16. The molecule has 0 unspecified atom stereocenters. The number of nitrogens with one attached hydrogen (secondary N) is 1. The van der Waals surface area contributed by atoms with E-state index in [2.05, 4.69) is 32.9 Å². The SMILES string of the molecule is Fc1ccc(NCCc2ccccn2)c(I)c1. The summed E-state index contributed by atoms with van der Waals surface area (Å²) in [5.74, 6) is -0.204. The van der Waals surface area contributed by atoms with E-state index >= 15 is 0 Å². The summed E-state index contributed by atoms with van der Waals surface area (Å²) in [5.41, 5.74) is 2.01. The molecule has 0 fully saturated rings. The van der Waals surface area contributed by atoms with Gasteiger partial charge in [0.05, 0.1) is 0 Å². The number of aromatic nitrogens is 1. The van der Waals surface area contributed by atoms with Crippen molar-refractivity contribution in [2.45, 2.75) is 6.42 Å². The van der Waals surface area contributed by atoms with Gasteiger partial charge in [-0.2, -0.15) is 0 Å². The predicted octanol–water partition coefficient (Wildman–Crippen LogP) is 3.48. The summed E-state index contributed by atoms with van der Waals surface area (Å²) in [7, 11) is 0. The number of pyridine rings is 1. The van der Waals surface area contributed by atoms with Gasteiger partial charge in [-0.25, -0.2) is 4.39 Å². The third kappa shape index (κ3) is 3.66. The molecule has 1 N–H and O–H groups in total. The second kappa shape index (κ2) is 5.95. The van der Waals surface area contributed by atoms with Crippen LogP contribution in [0.25, 0.3) is 0 Å². The molecule has 1 heterocycles. The second-order valence-corrected chi connectivity index (χ2v) is 4.78. The molecular weight excluding hydrogens is 330 g/mol. The molecule has 0 aliphatic heterocycles. The van der Waals surface area contributed by atoms with Crippen LogP contribution < -0.4 is 5.32 Å². The maximum absolute atomic E-state index is 12.9. The summed E-state index contributed by atoms with van der Waals surface area (Å²) < 4.78 is 13.8. The molecule has 1 aromatic heterocycles. The number of anilines is 1. The highest BCUT2D eigenvalue weighted by Gasteiger charge is 2.00. The lowest BCUT2D eigenvalue weighted by Crippen LogP contribution is -2.07. The first kappa shape index (κ1) is 12.3. The molecule has 17 heavy (non-hydrogen) atoms. The van der Waals surface area contributed by atoms with Crippen LogP contribution in [0.4, 0.5) is 10.1 Å². The second-order valence-electron chi connectivity index (χ2n) is 3.62. The normalized spacial score (nSPS) is 10.2. The summed E-state index contributed by atoms with van der Waals surface area (Å²) in [4.78, 5) is 4.24. The van der Waals surface area contributed by atoms with E-state index in [1.165, 1.54) is 12.1 Å². The first-order chi connectivity index (χ1) is 8.25. The van der Waals surface area contributed by atoms with E-state index in [1.54, 1.807) is 12.3 Å². The van der Waals surface area contributed by atoms with Gasteiger partial charge in [0.25, 0.3) is 0 Å². The molecule has 2 rings (SSSR count). The van der Waals surface area contributed by atoms with Gasteiger partial charge in [0.15, 0.2) is 0 Å². The van der Waals surface area contributed by atoms with Gasteiger partial charge in [-0.3, -0.25) is 4.98 Å². The molecule has 0 saturated heterocycles. The van der Waals surface area contributed by atoms with Gasteiger partial charge in [0, 0.05) is 34.1 Å². The van der Waals surface area contributed by atoms with Crippen molar-refractivity contribution in [2.24, 2.45) is 0 Å². The van der Waals surface area contributed by atoms with Crippen LogP contribution in [0.1, 0.15) is 5.69 Å². The van der Waals surface area contributed by atoms with Gasteiger partial charge in [0.1, 0.15) is 5.82 Å². The molecule has 0 aliphatic rings. The Hall–Kier alpha value is -1.17. The van der Waals surface area contributed by atoms with Gasteiger partial charge >= 0.3 is 0 Å². The Balaban J connectivity index is 1.90. The number of nitrogens with zero attached hydrogens (tertiary/aromatic N) is 1. The number of rotatable bonds is 4. The van der Waals surface area contributed by atoms with Crippen LogP contribution in [-0.2, 0) is 6.42 Å². The lowest BCUT2D eigenvalue weighted by atomic mass is 10.2. The standard InChI is InChI=1S/C13H12FIN2/c14-10-4-5-13(12(15)9-10)17-8-6-11-3-1-2-7-16-11/h1-5,7,9,17H,6,8H2. The fourth-order valence-electron chi connectivity index (χ4n) is 1.50. The Morgan fingerprint density at radius 3 is 2.82 bits per heavy atom. The predicted molar refractivity (Wildman–Crippen MR) is 75.5 cm³/mol. The largest absolute Gasteiger partial charge is 0.384 e. The van der Waals surface area contributed by atoms with Crippen molar-refractivity contribution in [2.75, 3.05) is 11.9 Å². The number of halogens is 2. The van der Waals surface area contributed by atoms with Crippen LogP contribution >= 0.6 is 22.6 Å². The van der Waals surface area contributed by atoms with Gasteiger partial charge in [0.2, 0.25) is 0 Å². The van der Waals surface area contributed by atoms with Crippen molar-refractivity contribution in [3.63, 3.8) is 0 Å². The van der Waals surface area contributed by atoms with Gasteiger partial charge < -0.3 is 5.32 Å². The lowest BCUT2D eigenvalue weighted by molar-refractivity contribution is 0.627. The fraction of sp³-hybridized carbons (Fsp3) is 0.154. The van der Waals surface area contributed by atoms with Crippen LogP contribution in [0.15, 0.2) is 42.6 Å². The van der Waals surface area contributed by atoms with Crippen LogP contribution in [0.3, 0.4) is 0 Å². The van der Waals surface area contributed by atoms with Crippen molar-refractivity contribution in [1.82, 2.24) is 4.98 Å². The van der Waals surface area contributed by atoms with Crippen molar-refractivity contribution in [3.05, 3.63) is 57.7 Å². The average molecular weight is 342 g/mol. The summed E-state index contributed by atoms with van der Waals surface area (Å²) in [6.45, 7) is 0.790. The summed E-state index contributed by atoms with van der Waals surface area (Å²) >= 11 is 2.12. The number of hydrogen-bond acceptors (Lipinski definition) is 2. The highest BCUT2D eigenvalue weighted by atomic mass is 127. The van der Waals surface area contributed by atoms with Crippen molar-refractivity contribution in [1.29, 1.82) is 0 Å². The van der Waals surface area contributed by atoms with E-state index in [4.69, 9.17) is 0 Å².